The van der Waals surface area contributed by atoms with Crippen LogP contribution < -0.4 is 5.32 Å². The van der Waals surface area contributed by atoms with Crippen LogP contribution in [0.3, 0.4) is 0 Å². The van der Waals surface area contributed by atoms with Crippen LogP contribution in [0.5, 0.6) is 0 Å². The molecule has 0 radical (unpaired) electrons. The molecule has 0 aliphatic heterocycles. The van der Waals surface area contributed by atoms with E-state index in [2.05, 4.69) is 27.2 Å². The molecule has 0 spiro atoms. The van der Waals surface area contributed by atoms with E-state index in [0.29, 0.717) is 0 Å². The molecule has 0 saturated heterocycles. The van der Waals surface area contributed by atoms with Crippen LogP contribution in [0.25, 0.3) is 0 Å². The van der Waals surface area contributed by atoms with Crippen LogP contribution in [0.15, 0.2) is 22.7 Å². The van der Waals surface area contributed by atoms with Gasteiger partial charge < -0.3 is 5.32 Å². The van der Waals surface area contributed by atoms with Crippen molar-refractivity contribution in [2.24, 2.45) is 0 Å². The standard InChI is InChI=1S/C11H9BrFNO/c1-3-7(2)14-11(15)8-5-4-6-9(12)10(8)13/h1,4-7H,2H3,(H,14,15). The molecular weight excluding hydrogens is 261 g/mol. The number of terminal acetylenes is 1. The molecule has 0 fully saturated rings. The summed E-state index contributed by atoms with van der Waals surface area (Å²) in [7, 11) is 0. The van der Waals surface area contributed by atoms with Crippen LogP contribution in [-0.2, 0) is 0 Å². The molecule has 0 aliphatic rings. The second-order valence-corrected chi connectivity index (χ2v) is 3.82. The molecule has 0 aliphatic carbocycles. The van der Waals surface area contributed by atoms with E-state index in [1.54, 1.807) is 13.0 Å². The first-order valence-corrected chi connectivity index (χ1v) is 5.06. The highest BCUT2D eigenvalue weighted by molar-refractivity contribution is 9.10. The number of carbonyl (C=O) groups is 1. The third kappa shape index (κ3) is 2.80. The quantitative estimate of drug-likeness (QED) is 0.821. The monoisotopic (exact) mass is 269 g/mol. The number of nitrogens with one attached hydrogen (secondary N) is 1. The number of hydrogen-bond acceptors (Lipinski definition) is 1. The fraction of sp³-hybridized carbons (Fsp3) is 0.182. The fourth-order valence-corrected chi connectivity index (χ4v) is 1.36. The van der Waals surface area contributed by atoms with E-state index in [4.69, 9.17) is 6.42 Å². The number of amides is 1. The van der Waals surface area contributed by atoms with Crippen molar-refractivity contribution in [3.63, 3.8) is 0 Å². The average Bonchev–Trinajstić information content (AvgIpc) is 2.21. The first-order valence-electron chi connectivity index (χ1n) is 4.27. The number of rotatable bonds is 2. The van der Waals surface area contributed by atoms with Gasteiger partial charge in [0.2, 0.25) is 0 Å². The number of halogens is 2. The normalized spacial score (nSPS) is 11.6. The largest absolute Gasteiger partial charge is 0.339 e. The summed E-state index contributed by atoms with van der Waals surface area (Å²) in [6.07, 6.45) is 5.10. The van der Waals surface area contributed by atoms with Gasteiger partial charge in [0, 0.05) is 0 Å². The van der Waals surface area contributed by atoms with Crippen molar-refractivity contribution in [1.29, 1.82) is 0 Å². The van der Waals surface area contributed by atoms with Crippen molar-refractivity contribution in [1.82, 2.24) is 5.32 Å². The Balaban J connectivity index is 2.93. The molecule has 1 aromatic carbocycles. The van der Waals surface area contributed by atoms with Crippen molar-refractivity contribution < 1.29 is 9.18 Å². The van der Waals surface area contributed by atoms with Crippen LogP contribution in [-0.4, -0.2) is 11.9 Å². The van der Waals surface area contributed by atoms with Gasteiger partial charge in [-0.15, -0.1) is 6.42 Å². The molecule has 1 atom stereocenters. The molecule has 0 saturated carbocycles. The maximum atomic E-state index is 13.4. The highest BCUT2D eigenvalue weighted by Gasteiger charge is 2.14. The average molecular weight is 270 g/mol. The van der Waals surface area contributed by atoms with Crippen molar-refractivity contribution in [2.75, 3.05) is 0 Å². The first-order chi connectivity index (χ1) is 7.06. The summed E-state index contributed by atoms with van der Waals surface area (Å²) in [5, 5.41) is 2.48. The van der Waals surface area contributed by atoms with Crippen LogP contribution in [0.4, 0.5) is 4.39 Å². The van der Waals surface area contributed by atoms with Crippen LogP contribution in [0.2, 0.25) is 0 Å². The van der Waals surface area contributed by atoms with E-state index in [0.717, 1.165) is 0 Å². The summed E-state index contributed by atoms with van der Waals surface area (Å²) in [6, 6.07) is 4.09. The minimum Gasteiger partial charge on any atom is -0.339 e. The summed E-state index contributed by atoms with van der Waals surface area (Å²) in [4.78, 5) is 11.5. The summed E-state index contributed by atoms with van der Waals surface area (Å²) < 4.78 is 13.7. The fourth-order valence-electron chi connectivity index (χ4n) is 0.995. The Morgan fingerprint density at radius 3 is 2.93 bits per heavy atom. The van der Waals surface area contributed by atoms with Gasteiger partial charge in [-0.2, -0.15) is 0 Å². The van der Waals surface area contributed by atoms with Gasteiger partial charge in [0.15, 0.2) is 0 Å². The summed E-state index contributed by atoms with van der Waals surface area (Å²) in [6.45, 7) is 1.65. The molecule has 0 aromatic heterocycles. The van der Waals surface area contributed by atoms with E-state index in [1.807, 2.05) is 0 Å². The first kappa shape index (κ1) is 11.7. The van der Waals surface area contributed by atoms with Gasteiger partial charge in [0.1, 0.15) is 5.82 Å². The van der Waals surface area contributed by atoms with Gasteiger partial charge in [-0.25, -0.2) is 4.39 Å². The summed E-state index contributed by atoms with van der Waals surface area (Å²) >= 11 is 3.00. The number of benzene rings is 1. The number of hydrogen-bond donors (Lipinski definition) is 1. The predicted octanol–water partition coefficient (Wildman–Crippen LogP) is 2.34. The Morgan fingerprint density at radius 1 is 1.67 bits per heavy atom. The van der Waals surface area contributed by atoms with Gasteiger partial charge in [0.25, 0.3) is 5.91 Å². The van der Waals surface area contributed by atoms with Crippen molar-refractivity contribution in [3.05, 3.63) is 34.1 Å². The topological polar surface area (TPSA) is 29.1 Å². The Kier molecular flexibility index (Phi) is 3.87. The zero-order valence-corrected chi connectivity index (χ0v) is 9.64. The minimum atomic E-state index is -0.584. The van der Waals surface area contributed by atoms with E-state index in [1.165, 1.54) is 12.1 Å². The Labute approximate surface area is 96.0 Å². The van der Waals surface area contributed by atoms with Crippen molar-refractivity contribution >= 4 is 21.8 Å². The maximum Gasteiger partial charge on any atom is 0.255 e. The Hall–Kier alpha value is -1.34. The molecule has 0 bridgehead atoms. The molecule has 78 valence electrons. The highest BCUT2D eigenvalue weighted by atomic mass is 79.9. The second kappa shape index (κ2) is 4.94. The highest BCUT2D eigenvalue weighted by Crippen LogP contribution is 2.18. The second-order valence-electron chi connectivity index (χ2n) is 2.96. The lowest BCUT2D eigenvalue weighted by Crippen LogP contribution is -2.31. The molecule has 1 rings (SSSR count). The van der Waals surface area contributed by atoms with E-state index in [-0.39, 0.29) is 10.0 Å². The molecule has 0 heterocycles. The van der Waals surface area contributed by atoms with E-state index in [9.17, 15) is 9.18 Å². The van der Waals surface area contributed by atoms with Gasteiger partial charge in [-0.1, -0.05) is 12.0 Å². The molecule has 15 heavy (non-hydrogen) atoms. The molecule has 1 aromatic rings. The summed E-state index contributed by atoms with van der Waals surface area (Å²) in [5.74, 6) is 1.23. The predicted molar refractivity (Wildman–Crippen MR) is 59.9 cm³/mol. The third-order valence-corrected chi connectivity index (χ3v) is 2.41. The van der Waals surface area contributed by atoms with Crippen molar-refractivity contribution in [3.8, 4) is 12.3 Å². The van der Waals surface area contributed by atoms with Gasteiger partial charge in [0.05, 0.1) is 16.1 Å². The van der Waals surface area contributed by atoms with Crippen molar-refractivity contribution in [2.45, 2.75) is 13.0 Å². The molecule has 1 amide bonds. The van der Waals surface area contributed by atoms with Gasteiger partial charge in [-0.3, -0.25) is 4.79 Å². The Bertz CT molecular complexity index is 425. The van der Waals surface area contributed by atoms with Gasteiger partial charge >= 0.3 is 0 Å². The molecule has 1 N–H and O–H groups in total. The van der Waals surface area contributed by atoms with Gasteiger partial charge in [-0.05, 0) is 35.0 Å². The minimum absolute atomic E-state index is 0.0218. The maximum absolute atomic E-state index is 13.4. The van der Waals surface area contributed by atoms with Crippen LogP contribution >= 0.6 is 15.9 Å². The lowest BCUT2D eigenvalue weighted by molar-refractivity contribution is 0.0944. The lowest BCUT2D eigenvalue weighted by atomic mass is 10.2. The van der Waals surface area contributed by atoms with E-state index < -0.39 is 17.8 Å². The zero-order chi connectivity index (χ0) is 11.4. The van der Waals surface area contributed by atoms with Crippen LogP contribution in [0, 0.1) is 18.2 Å². The summed E-state index contributed by atoms with van der Waals surface area (Å²) in [5.41, 5.74) is -0.0218. The van der Waals surface area contributed by atoms with E-state index >= 15 is 0 Å². The Morgan fingerprint density at radius 2 is 2.33 bits per heavy atom. The molecular formula is C11H9BrFNO. The third-order valence-electron chi connectivity index (χ3n) is 1.79. The smallest absolute Gasteiger partial charge is 0.255 e. The lowest BCUT2D eigenvalue weighted by Gasteiger charge is -2.08. The number of carbonyl (C=O) groups excluding carboxylic acids is 1. The molecule has 2 nitrogen and oxygen atoms in total. The van der Waals surface area contributed by atoms with Crippen LogP contribution in [0.1, 0.15) is 17.3 Å². The molecule has 1 unspecified atom stereocenters. The zero-order valence-electron chi connectivity index (χ0n) is 8.05. The molecule has 4 heteroatoms. The SMILES string of the molecule is C#CC(C)NC(=O)c1cccc(Br)c1F.